The standard InChI is InChI=1S/C16H21N3O2.C2HF3O2/c1-3-13-5-4-12(10-17-13)14(20)19-8-6-16(7-9-19)11-18(2)15(16)21;3-2(4,5)1(6)7/h4-5,10H,3,6-9,11H2,1-2H3;(H,6,7). The Hall–Kier alpha value is -2.65. The fourth-order valence-corrected chi connectivity index (χ4v) is 3.36. The molecule has 1 aromatic rings. The Morgan fingerprint density at radius 3 is 2.18 bits per heavy atom. The summed E-state index contributed by atoms with van der Waals surface area (Å²) in [5.41, 5.74) is 1.45. The Bertz CT molecular complexity index is 741. The number of aliphatic carboxylic acids is 1. The maximum Gasteiger partial charge on any atom is 0.490 e. The molecule has 0 unspecified atom stereocenters. The highest BCUT2D eigenvalue weighted by atomic mass is 19.4. The van der Waals surface area contributed by atoms with E-state index in [0.717, 1.165) is 31.5 Å². The molecule has 3 heterocycles. The van der Waals surface area contributed by atoms with E-state index >= 15 is 0 Å². The van der Waals surface area contributed by atoms with E-state index < -0.39 is 12.1 Å². The first-order valence-electron chi connectivity index (χ1n) is 8.80. The summed E-state index contributed by atoms with van der Waals surface area (Å²) in [6.07, 6.45) is -0.991. The topological polar surface area (TPSA) is 90.8 Å². The average molecular weight is 401 g/mol. The van der Waals surface area contributed by atoms with Crippen molar-refractivity contribution in [2.45, 2.75) is 32.4 Å². The van der Waals surface area contributed by atoms with E-state index in [1.165, 1.54) is 0 Å². The van der Waals surface area contributed by atoms with Crippen LogP contribution in [0.4, 0.5) is 13.2 Å². The minimum atomic E-state index is -5.08. The number of halogens is 3. The number of pyridine rings is 1. The predicted molar refractivity (Wildman–Crippen MR) is 92.5 cm³/mol. The van der Waals surface area contributed by atoms with Gasteiger partial charge in [0, 0.05) is 38.6 Å². The summed E-state index contributed by atoms with van der Waals surface area (Å²) in [4.78, 5) is 41.2. The zero-order valence-electron chi connectivity index (χ0n) is 15.6. The van der Waals surface area contributed by atoms with Gasteiger partial charge in [0.25, 0.3) is 5.91 Å². The Kier molecular flexibility index (Phi) is 6.30. The molecule has 2 aliphatic heterocycles. The summed E-state index contributed by atoms with van der Waals surface area (Å²) in [5, 5.41) is 7.12. The minimum absolute atomic E-state index is 0.0279. The largest absolute Gasteiger partial charge is 0.490 e. The van der Waals surface area contributed by atoms with Crippen LogP contribution in [0.25, 0.3) is 0 Å². The third-order valence-corrected chi connectivity index (χ3v) is 5.02. The molecule has 1 spiro atoms. The summed E-state index contributed by atoms with van der Waals surface area (Å²) in [7, 11) is 1.84. The third-order valence-electron chi connectivity index (χ3n) is 5.02. The quantitative estimate of drug-likeness (QED) is 0.766. The van der Waals surface area contributed by atoms with E-state index in [-0.39, 0.29) is 17.2 Å². The highest BCUT2D eigenvalue weighted by molar-refractivity contribution is 5.94. The molecule has 0 saturated carbocycles. The van der Waals surface area contributed by atoms with E-state index in [2.05, 4.69) is 4.98 Å². The number of carboxylic acid groups (broad SMARTS) is 1. The van der Waals surface area contributed by atoms with Gasteiger partial charge in [0.15, 0.2) is 0 Å². The molecule has 0 bridgehead atoms. The molecular weight excluding hydrogens is 379 g/mol. The molecule has 7 nitrogen and oxygen atoms in total. The summed E-state index contributed by atoms with van der Waals surface area (Å²) in [5.74, 6) is -2.49. The molecule has 3 rings (SSSR count). The van der Waals surface area contributed by atoms with Crippen molar-refractivity contribution in [2.24, 2.45) is 5.41 Å². The summed E-state index contributed by atoms with van der Waals surface area (Å²) in [6.45, 7) is 4.20. The van der Waals surface area contributed by atoms with Crippen LogP contribution in [0.3, 0.4) is 0 Å². The number of nitrogens with zero attached hydrogens (tertiary/aromatic N) is 3. The second-order valence-electron chi connectivity index (χ2n) is 6.93. The lowest BCUT2D eigenvalue weighted by molar-refractivity contribution is -0.192. The van der Waals surface area contributed by atoms with Gasteiger partial charge in [0.05, 0.1) is 11.0 Å². The van der Waals surface area contributed by atoms with Crippen molar-refractivity contribution in [2.75, 3.05) is 26.7 Å². The number of amides is 2. The summed E-state index contributed by atoms with van der Waals surface area (Å²) in [6, 6.07) is 3.75. The smallest absolute Gasteiger partial charge is 0.475 e. The zero-order valence-corrected chi connectivity index (χ0v) is 15.6. The van der Waals surface area contributed by atoms with E-state index in [4.69, 9.17) is 9.90 Å². The van der Waals surface area contributed by atoms with Crippen LogP contribution in [-0.4, -0.2) is 70.5 Å². The van der Waals surface area contributed by atoms with Crippen LogP contribution in [0.2, 0.25) is 0 Å². The number of carbonyl (C=O) groups is 3. The van der Waals surface area contributed by atoms with Crippen molar-refractivity contribution >= 4 is 17.8 Å². The molecule has 0 aromatic carbocycles. The molecule has 2 fully saturated rings. The fraction of sp³-hybridized carbons (Fsp3) is 0.556. The number of aryl methyl sites for hydroxylation is 1. The molecule has 10 heteroatoms. The van der Waals surface area contributed by atoms with Crippen molar-refractivity contribution < 1.29 is 32.7 Å². The maximum atomic E-state index is 12.5. The van der Waals surface area contributed by atoms with Gasteiger partial charge in [-0.05, 0) is 31.4 Å². The number of hydrogen-bond acceptors (Lipinski definition) is 4. The zero-order chi connectivity index (χ0) is 21.1. The molecule has 2 amide bonds. The first-order chi connectivity index (χ1) is 13.0. The van der Waals surface area contributed by atoms with Crippen LogP contribution in [0.1, 0.15) is 35.8 Å². The number of aromatic nitrogens is 1. The number of alkyl halides is 3. The van der Waals surface area contributed by atoms with Gasteiger partial charge in [-0.25, -0.2) is 4.79 Å². The molecule has 154 valence electrons. The van der Waals surface area contributed by atoms with Gasteiger partial charge in [-0.3, -0.25) is 14.6 Å². The third kappa shape index (κ3) is 4.60. The summed E-state index contributed by atoms with van der Waals surface area (Å²) < 4.78 is 31.7. The van der Waals surface area contributed by atoms with E-state index in [1.807, 2.05) is 31.0 Å². The van der Waals surface area contributed by atoms with Crippen LogP contribution < -0.4 is 0 Å². The SMILES string of the molecule is CCc1ccc(C(=O)N2CCC3(CC2)CN(C)C3=O)cn1.O=C(O)C(F)(F)F. The van der Waals surface area contributed by atoms with E-state index in [9.17, 15) is 22.8 Å². The Balaban J connectivity index is 0.000000345. The Morgan fingerprint density at radius 1 is 1.25 bits per heavy atom. The maximum absolute atomic E-state index is 12.5. The molecule has 1 aromatic heterocycles. The van der Waals surface area contributed by atoms with Gasteiger partial charge in [-0.15, -0.1) is 0 Å². The van der Waals surface area contributed by atoms with Crippen LogP contribution >= 0.6 is 0 Å². The van der Waals surface area contributed by atoms with Gasteiger partial charge in [-0.1, -0.05) is 6.92 Å². The number of carboxylic acids is 1. The number of hydrogen-bond donors (Lipinski definition) is 1. The highest BCUT2D eigenvalue weighted by Crippen LogP contribution is 2.41. The monoisotopic (exact) mass is 401 g/mol. The second kappa shape index (κ2) is 8.15. The molecule has 2 saturated heterocycles. The van der Waals surface area contributed by atoms with Gasteiger partial charge in [-0.2, -0.15) is 13.2 Å². The number of piperidine rings is 1. The van der Waals surface area contributed by atoms with E-state index in [0.29, 0.717) is 18.7 Å². The first kappa shape index (κ1) is 21.6. The van der Waals surface area contributed by atoms with Crippen molar-refractivity contribution in [3.63, 3.8) is 0 Å². The van der Waals surface area contributed by atoms with Gasteiger partial charge in [0.1, 0.15) is 0 Å². The normalized spacial score (nSPS) is 18.2. The van der Waals surface area contributed by atoms with Crippen LogP contribution in [0.5, 0.6) is 0 Å². The molecule has 0 radical (unpaired) electrons. The first-order valence-corrected chi connectivity index (χ1v) is 8.80. The second-order valence-corrected chi connectivity index (χ2v) is 6.93. The number of likely N-dealkylation sites (tertiary alicyclic amines) is 2. The minimum Gasteiger partial charge on any atom is -0.475 e. The Labute approximate surface area is 160 Å². The lowest BCUT2D eigenvalue weighted by Gasteiger charge is -2.51. The lowest BCUT2D eigenvalue weighted by atomic mass is 9.71. The molecule has 2 aliphatic rings. The number of β-lactam (4-membered cyclic amide) rings is 1. The van der Waals surface area contributed by atoms with Gasteiger partial charge < -0.3 is 14.9 Å². The van der Waals surface area contributed by atoms with Crippen molar-refractivity contribution in [3.8, 4) is 0 Å². The molecule has 1 N–H and O–H groups in total. The Morgan fingerprint density at radius 2 is 1.82 bits per heavy atom. The number of carbonyl (C=O) groups excluding carboxylic acids is 2. The molecule has 28 heavy (non-hydrogen) atoms. The van der Waals surface area contributed by atoms with Crippen molar-refractivity contribution in [1.29, 1.82) is 0 Å². The van der Waals surface area contributed by atoms with Crippen molar-refractivity contribution in [1.82, 2.24) is 14.8 Å². The fourth-order valence-electron chi connectivity index (χ4n) is 3.36. The lowest BCUT2D eigenvalue weighted by Crippen LogP contribution is -2.63. The van der Waals surface area contributed by atoms with Crippen LogP contribution in [-0.2, 0) is 16.0 Å². The highest BCUT2D eigenvalue weighted by Gasteiger charge is 2.51. The average Bonchev–Trinajstić information content (AvgIpc) is 2.67. The van der Waals surface area contributed by atoms with Gasteiger partial charge >= 0.3 is 12.1 Å². The van der Waals surface area contributed by atoms with Crippen LogP contribution in [0, 0.1) is 5.41 Å². The van der Waals surface area contributed by atoms with Crippen molar-refractivity contribution in [3.05, 3.63) is 29.6 Å². The summed E-state index contributed by atoms with van der Waals surface area (Å²) >= 11 is 0. The van der Waals surface area contributed by atoms with Gasteiger partial charge in [0.2, 0.25) is 5.91 Å². The molecule has 0 aliphatic carbocycles. The molecule has 0 atom stereocenters. The molecular formula is C18H22F3N3O4. The van der Waals surface area contributed by atoms with E-state index in [1.54, 1.807) is 11.1 Å². The van der Waals surface area contributed by atoms with Crippen LogP contribution in [0.15, 0.2) is 18.3 Å². The number of rotatable bonds is 2. The predicted octanol–water partition coefficient (Wildman–Crippen LogP) is 1.97.